The highest BCUT2D eigenvalue weighted by atomic mass is 15.4. The Balaban J connectivity index is 2.29. The zero-order valence-corrected chi connectivity index (χ0v) is 11.5. The lowest BCUT2D eigenvalue weighted by atomic mass is 10.00. The standard InChI is InChI=1S/C13H24N4/c1-10-6-5-7-17(9-10)13-12(8-14-3)11(2)15-16(13)4/h10,14H,5-9H2,1-4H3. The zero-order chi connectivity index (χ0) is 12.4. The highest BCUT2D eigenvalue weighted by molar-refractivity contribution is 5.50. The molecule has 0 spiro atoms. The minimum absolute atomic E-state index is 0.793. The summed E-state index contributed by atoms with van der Waals surface area (Å²) in [4.78, 5) is 2.50. The van der Waals surface area contributed by atoms with Crippen LogP contribution in [0.15, 0.2) is 0 Å². The lowest BCUT2D eigenvalue weighted by Crippen LogP contribution is -2.36. The van der Waals surface area contributed by atoms with Gasteiger partial charge in [-0.3, -0.25) is 4.68 Å². The van der Waals surface area contributed by atoms with Gasteiger partial charge in [-0.15, -0.1) is 0 Å². The van der Waals surface area contributed by atoms with Crippen LogP contribution in [0, 0.1) is 12.8 Å². The number of hydrogen-bond acceptors (Lipinski definition) is 3. The molecule has 4 heteroatoms. The summed E-state index contributed by atoms with van der Waals surface area (Å²) in [5.74, 6) is 2.10. The predicted octanol–water partition coefficient (Wildman–Crippen LogP) is 1.68. The first-order valence-corrected chi connectivity index (χ1v) is 6.55. The van der Waals surface area contributed by atoms with Crippen LogP contribution in [0.25, 0.3) is 0 Å². The molecule has 96 valence electrons. The Hall–Kier alpha value is -1.03. The molecule has 1 fully saturated rings. The molecular weight excluding hydrogens is 212 g/mol. The van der Waals surface area contributed by atoms with E-state index in [4.69, 9.17) is 0 Å². The molecule has 2 heterocycles. The van der Waals surface area contributed by atoms with Gasteiger partial charge >= 0.3 is 0 Å². The maximum absolute atomic E-state index is 4.56. The zero-order valence-electron chi connectivity index (χ0n) is 11.5. The third-order valence-corrected chi connectivity index (χ3v) is 3.62. The average Bonchev–Trinajstić information content (AvgIpc) is 2.54. The minimum atomic E-state index is 0.793. The first-order valence-electron chi connectivity index (χ1n) is 6.55. The number of aromatic nitrogens is 2. The SMILES string of the molecule is CNCc1c(C)nn(C)c1N1CCCC(C)C1. The molecule has 1 atom stereocenters. The third kappa shape index (κ3) is 2.46. The van der Waals surface area contributed by atoms with Crippen LogP contribution < -0.4 is 10.2 Å². The van der Waals surface area contributed by atoms with Crippen molar-refractivity contribution in [3.05, 3.63) is 11.3 Å². The van der Waals surface area contributed by atoms with Crippen LogP contribution in [0.4, 0.5) is 5.82 Å². The molecule has 0 saturated carbocycles. The van der Waals surface area contributed by atoms with Crippen LogP contribution in [-0.2, 0) is 13.6 Å². The summed E-state index contributed by atoms with van der Waals surface area (Å²) in [6, 6.07) is 0. The lowest BCUT2D eigenvalue weighted by Gasteiger charge is -2.33. The molecule has 1 aromatic heterocycles. The van der Waals surface area contributed by atoms with Crippen LogP contribution in [0.5, 0.6) is 0 Å². The van der Waals surface area contributed by atoms with Crippen molar-refractivity contribution in [3.8, 4) is 0 Å². The van der Waals surface area contributed by atoms with Crippen LogP contribution in [0.1, 0.15) is 31.0 Å². The molecule has 0 amide bonds. The summed E-state index contributed by atoms with van der Waals surface area (Å²) < 4.78 is 2.04. The molecule has 0 aromatic carbocycles. The van der Waals surface area contributed by atoms with Crippen LogP contribution >= 0.6 is 0 Å². The predicted molar refractivity (Wildman–Crippen MR) is 71.3 cm³/mol. The molecule has 1 N–H and O–H groups in total. The van der Waals surface area contributed by atoms with E-state index in [9.17, 15) is 0 Å². The number of hydrogen-bond donors (Lipinski definition) is 1. The first kappa shape index (κ1) is 12.4. The fourth-order valence-corrected chi connectivity index (χ4v) is 2.85. The summed E-state index contributed by atoms with van der Waals surface area (Å²) in [6.07, 6.45) is 2.65. The summed E-state index contributed by atoms with van der Waals surface area (Å²) in [5.41, 5.74) is 2.50. The third-order valence-electron chi connectivity index (χ3n) is 3.62. The first-order chi connectivity index (χ1) is 8.13. The summed E-state index contributed by atoms with van der Waals surface area (Å²) >= 11 is 0. The van der Waals surface area contributed by atoms with E-state index in [0.717, 1.165) is 24.7 Å². The van der Waals surface area contributed by atoms with E-state index in [2.05, 4.69) is 36.2 Å². The Morgan fingerprint density at radius 1 is 1.47 bits per heavy atom. The highest BCUT2D eigenvalue weighted by Crippen LogP contribution is 2.27. The molecule has 0 radical (unpaired) electrons. The summed E-state index contributed by atoms with van der Waals surface area (Å²) in [7, 11) is 4.05. The van der Waals surface area contributed by atoms with Gasteiger partial charge in [0.05, 0.1) is 5.69 Å². The van der Waals surface area contributed by atoms with Crippen molar-refractivity contribution in [2.75, 3.05) is 25.0 Å². The van der Waals surface area contributed by atoms with Crippen LogP contribution in [-0.4, -0.2) is 29.9 Å². The molecule has 0 aliphatic carbocycles. The van der Waals surface area contributed by atoms with Gasteiger partial charge in [0.1, 0.15) is 5.82 Å². The van der Waals surface area contributed by atoms with E-state index in [0.29, 0.717) is 0 Å². The van der Waals surface area contributed by atoms with Crippen molar-refractivity contribution in [1.82, 2.24) is 15.1 Å². The van der Waals surface area contributed by atoms with Gasteiger partial charge in [-0.2, -0.15) is 5.10 Å². The maximum atomic E-state index is 4.56. The quantitative estimate of drug-likeness (QED) is 0.867. The van der Waals surface area contributed by atoms with E-state index in [-0.39, 0.29) is 0 Å². The molecular formula is C13H24N4. The number of nitrogens with zero attached hydrogens (tertiary/aromatic N) is 3. The molecule has 1 aliphatic rings. The fourth-order valence-electron chi connectivity index (χ4n) is 2.85. The molecule has 1 aromatic rings. The number of piperidine rings is 1. The number of rotatable bonds is 3. The average molecular weight is 236 g/mol. The Kier molecular flexibility index (Phi) is 3.72. The van der Waals surface area contributed by atoms with E-state index in [1.165, 1.54) is 30.8 Å². The van der Waals surface area contributed by atoms with Gasteiger partial charge in [-0.05, 0) is 32.7 Å². The molecule has 1 aliphatic heterocycles. The second kappa shape index (κ2) is 5.08. The summed E-state index contributed by atoms with van der Waals surface area (Å²) in [5, 5.41) is 7.81. The number of nitrogens with one attached hydrogen (secondary N) is 1. The van der Waals surface area contributed by atoms with Crippen molar-refractivity contribution in [2.24, 2.45) is 13.0 Å². The van der Waals surface area contributed by atoms with E-state index < -0.39 is 0 Å². The largest absolute Gasteiger partial charge is 0.356 e. The fraction of sp³-hybridized carbons (Fsp3) is 0.769. The van der Waals surface area contributed by atoms with Crippen molar-refractivity contribution in [3.63, 3.8) is 0 Å². The van der Waals surface area contributed by atoms with Crippen molar-refractivity contribution in [2.45, 2.75) is 33.2 Å². The van der Waals surface area contributed by atoms with Gasteiger partial charge in [0, 0.05) is 32.2 Å². The minimum Gasteiger partial charge on any atom is -0.356 e. The number of anilines is 1. The smallest absolute Gasteiger partial charge is 0.131 e. The van der Waals surface area contributed by atoms with Crippen LogP contribution in [0.3, 0.4) is 0 Å². The van der Waals surface area contributed by atoms with Gasteiger partial charge in [-0.25, -0.2) is 0 Å². The summed E-state index contributed by atoms with van der Waals surface area (Å²) in [6.45, 7) is 7.67. The highest BCUT2D eigenvalue weighted by Gasteiger charge is 2.23. The molecule has 1 unspecified atom stereocenters. The molecule has 4 nitrogen and oxygen atoms in total. The van der Waals surface area contributed by atoms with Crippen molar-refractivity contribution >= 4 is 5.82 Å². The normalized spacial score (nSPS) is 20.9. The Labute approximate surface area is 104 Å². The van der Waals surface area contributed by atoms with Crippen molar-refractivity contribution in [1.29, 1.82) is 0 Å². The molecule has 17 heavy (non-hydrogen) atoms. The molecule has 1 saturated heterocycles. The second-order valence-electron chi connectivity index (χ2n) is 5.23. The Bertz CT molecular complexity index is 383. The Morgan fingerprint density at radius 2 is 2.24 bits per heavy atom. The van der Waals surface area contributed by atoms with E-state index in [1.807, 2.05) is 11.7 Å². The van der Waals surface area contributed by atoms with Gasteiger partial charge in [0.15, 0.2) is 0 Å². The van der Waals surface area contributed by atoms with Gasteiger partial charge < -0.3 is 10.2 Å². The van der Waals surface area contributed by atoms with E-state index >= 15 is 0 Å². The Morgan fingerprint density at radius 3 is 2.88 bits per heavy atom. The van der Waals surface area contributed by atoms with Crippen LogP contribution in [0.2, 0.25) is 0 Å². The topological polar surface area (TPSA) is 33.1 Å². The van der Waals surface area contributed by atoms with E-state index in [1.54, 1.807) is 0 Å². The lowest BCUT2D eigenvalue weighted by molar-refractivity contribution is 0.439. The van der Waals surface area contributed by atoms with Crippen molar-refractivity contribution < 1.29 is 0 Å². The van der Waals surface area contributed by atoms with Gasteiger partial charge in [0.25, 0.3) is 0 Å². The molecule has 2 rings (SSSR count). The molecule has 0 bridgehead atoms. The van der Waals surface area contributed by atoms with Gasteiger partial charge in [-0.1, -0.05) is 6.92 Å². The number of aryl methyl sites for hydroxylation is 2. The van der Waals surface area contributed by atoms with Gasteiger partial charge in [0.2, 0.25) is 0 Å². The monoisotopic (exact) mass is 236 g/mol. The maximum Gasteiger partial charge on any atom is 0.131 e. The second-order valence-corrected chi connectivity index (χ2v) is 5.23.